The largest absolute Gasteiger partial charge is 0.480 e. The number of hydrogen-bond donors (Lipinski definition) is 8. The molecule has 8 N–H and O–H groups in total. The van der Waals surface area contributed by atoms with Crippen LogP contribution in [0.4, 0.5) is 0 Å². The number of aliphatic hydroxyl groups is 1. The number of carboxylic acid groups (broad SMARTS) is 1. The lowest BCUT2D eigenvalue weighted by atomic mass is 10.0. The first kappa shape index (κ1) is 26.4. The van der Waals surface area contributed by atoms with Crippen molar-refractivity contribution in [2.45, 2.75) is 57.5 Å². The Kier molecular flexibility index (Phi) is 10.4. The van der Waals surface area contributed by atoms with E-state index in [0.717, 1.165) is 0 Å². The highest BCUT2D eigenvalue weighted by molar-refractivity contribution is 7.80. The smallest absolute Gasteiger partial charge is 0.326 e. The van der Waals surface area contributed by atoms with Gasteiger partial charge in [0.2, 0.25) is 17.7 Å². The Morgan fingerprint density at radius 2 is 1.71 bits per heavy atom. The SMILES string of the molecule is CC(C)C(NC(=O)C(Cc1cnc[nH]1)NC(=O)C(NC(=O)C(N)CS)C(C)O)C(=O)O. The van der Waals surface area contributed by atoms with Crippen molar-refractivity contribution in [3.8, 4) is 0 Å². The molecular weight excluding hydrogens is 428 g/mol. The van der Waals surface area contributed by atoms with Crippen molar-refractivity contribution in [2.75, 3.05) is 5.75 Å². The van der Waals surface area contributed by atoms with E-state index in [1.807, 2.05) is 0 Å². The third-order valence-corrected chi connectivity index (χ3v) is 4.83. The molecular formula is C18H30N6O6S. The average Bonchev–Trinajstić information content (AvgIpc) is 3.20. The number of rotatable bonds is 12. The first-order chi connectivity index (χ1) is 14.5. The first-order valence-corrected chi connectivity index (χ1v) is 10.3. The predicted molar refractivity (Wildman–Crippen MR) is 114 cm³/mol. The first-order valence-electron chi connectivity index (χ1n) is 9.63. The van der Waals surface area contributed by atoms with Gasteiger partial charge >= 0.3 is 5.97 Å². The van der Waals surface area contributed by atoms with Gasteiger partial charge in [-0.05, 0) is 12.8 Å². The summed E-state index contributed by atoms with van der Waals surface area (Å²) >= 11 is 3.92. The van der Waals surface area contributed by atoms with E-state index in [4.69, 9.17) is 5.73 Å². The summed E-state index contributed by atoms with van der Waals surface area (Å²) in [6.07, 6.45) is 1.51. The van der Waals surface area contributed by atoms with Gasteiger partial charge in [0, 0.05) is 24.1 Å². The maximum absolute atomic E-state index is 12.8. The van der Waals surface area contributed by atoms with Crippen molar-refractivity contribution in [2.24, 2.45) is 11.7 Å². The zero-order chi connectivity index (χ0) is 23.7. The number of aromatic amines is 1. The number of nitrogens with two attached hydrogens (primary N) is 1. The van der Waals surface area contributed by atoms with E-state index in [2.05, 4.69) is 38.5 Å². The number of aromatic nitrogens is 2. The topological polar surface area (TPSA) is 200 Å². The van der Waals surface area contributed by atoms with Gasteiger partial charge in [-0.3, -0.25) is 14.4 Å². The molecule has 0 spiro atoms. The lowest BCUT2D eigenvalue weighted by Gasteiger charge is -2.26. The van der Waals surface area contributed by atoms with Crippen LogP contribution < -0.4 is 21.7 Å². The Hall–Kier alpha value is -2.64. The molecule has 1 aromatic heterocycles. The molecule has 0 radical (unpaired) electrons. The second-order valence-corrected chi connectivity index (χ2v) is 7.79. The summed E-state index contributed by atoms with van der Waals surface area (Å²) in [5.74, 6) is -3.88. The van der Waals surface area contributed by atoms with Gasteiger partial charge in [-0.1, -0.05) is 13.8 Å². The highest BCUT2D eigenvalue weighted by atomic mass is 32.1. The van der Waals surface area contributed by atoms with Crippen molar-refractivity contribution in [1.82, 2.24) is 25.9 Å². The molecule has 0 saturated carbocycles. The molecule has 0 bridgehead atoms. The third kappa shape index (κ3) is 8.19. The Balaban J connectivity index is 3.03. The fourth-order valence-electron chi connectivity index (χ4n) is 2.60. The lowest BCUT2D eigenvalue weighted by molar-refractivity contribution is -0.143. The average molecular weight is 459 g/mol. The highest BCUT2D eigenvalue weighted by Gasteiger charge is 2.33. The maximum Gasteiger partial charge on any atom is 0.326 e. The number of hydrogen-bond acceptors (Lipinski definition) is 8. The van der Waals surface area contributed by atoms with Gasteiger partial charge in [0.25, 0.3) is 0 Å². The van der Waals surface area contributed by atoms with Crippen molar-refractivity contribution in [1.29, 1.82) is 0 Å². The standard InChI is InChI=1S/C18H30N6O6S/c1-8(2)13(18(29)30)23-16(27)12(4-10-5-20-7-21-10)22-17(28)14(9(3)25)24-15(26)11(19)6-31/h5,7-9,11-14,25,31H,4,6,19H2,1-3H3,(H,20,21)(H,22,28)(H,23,27)(H,24,26)(H,29,30). The molecule has 0 aliphatic rings. The summed E-state index contributed by atoms with van der Waals surface area (Å²) in [5, 5.41) is 26.5. The molecule has 13 heteroatoms. The van der Waals surface area contributed by atoms with E-state index in [-0.39, 0.29) is 12.2 Å². The zero-order valence-corrected chi connectivity index (χ0v) is 18.4. The quantitative estimate of drug-likeness (QED) is 0.161. The van der Waals surface area contributed by atoms with Crippen LogP contribution in [0.1, 0.15) is 26.5 Å². The van der Waals surface area contributed by atoms with Crippen LogP contribution in [0, 0.1) is 5.92 Å². The normalized spacial score (nSPS) is 16.0. The number of aliphatic carboxylic acids is 1. The Morgan fingerprint density at radius 1 is 1.10 bits per heavy atom. The van der Waals surface area contributed by atoms with Gasteiger partial charge in [-0.15, -0.1) is 0 Å². The number of nitrogens with one attached hydrogen (secondary N) is 4. The van der Waals surface area contributed by atoms with E-state index >= 15 is 0 Å². The molecule has 1 rings (SSSR count). The van der Waals surface area contributed by atoms with E-state index in [1.165, 1.54) is 19.4 Å². The van der Waals surface area contributed by atoms with Gasteiger partial charge < -0.3 is 36.9 Å². The second-order valence-electron chi connectivity index (χ2n) is 7.43. The predicted octanol–water partition coefficient (Wildman–Crippen LogP) is -2.21. The lowest BCUT2D eigenvalue weighted by Crippen LogP contribution is -2.60. The fraction of sp³-hybridized carbons (Fsp3) is 0.611. The van der Waals surface area contributed by atoms with Crippen LogP contribution in [-0.4, -0.2) is 79.9 Å². The van der Waals surface area contributed by atoms with Crippen molar-refractivity contribution >= 4 is 36.3 Å². The number of amides is 3. The fourth-order valence-corrected chi connectivity index (χ4v) is 2.77. The minimum atomic E-state index is -1.39. The van der Waals surface area contributed by atoms with Crippen LogP contribution in [0.2, 0.25) is 0 Å². The van der Waals surface area contributed by atoms with Crippen molar-refractivity contribution < 1.29 is 29.4 Å². The monoisotopic (exact) mass is 458 g/mol. The molecule has 0 aromatic carbocycles. The Bertz CT molecular complexity index is 757. The van der Waals surface area contributed by atoms with Crippen molar-refractivity contribution in [3.05, 3.63) is 18.2 Å². The van der Waals surface area contributed by atoms with Crippen LogP contribution in [0.15, 0.2) is 12.5 Å². The van der Waals surface area contributed by atoms with Gasteiger partial charge in [0.05, 0.1) is 18.5 Å². The van der Waals surface area contributed by atoms with Crippen molar-refractivity contribution in [3.63, 3.8) is 0 Å². The summed E-state index contributed by atoms with van der Waals surface area (Å²) in [5.41, 5.74) is 6.09. The minimum Gasteiger partial charge on any atom is -0.480 e. The number of carboxylic acids is 1. The number of aliphatic hydroxyl groups excluding tert-OH is 1. The Labute approximate surface area is 185 Å². The summed E-state index contributed by atoms with van der Waals surface area (Å²) in [4.78, 5) is 55.7. The maximum atomic E-state index is 12.8. The third-order valence-electron chi connectivity index (χ3n) is 4.44. The zero-order valence-electron chi connectivity index (χ0n) is 17.5. The molecule has 0 saturated heterocycles. The van der Waals surface area contributed by atoms with E-state index in [0.29, 0.717) is 5.69 Å². The molecule has 174 valence electrons. The minimum absolute atomic E-state index is 0.0244. The van der Waals surface area contributed by atoms with Crippen LogP contribution in [0.5, 0.6) is 0 Å². The van der Waals surface area contributed by atoms with E-state index in [9.17, 15) is 29.4 Å². The van der Waals surface area contributed by atoms with Gasteiger partial charge in [-0.25, -0.2) is 9.78 Å². The molecule has 1 heterocycles. The summed E-state index contributed by atoms with van der Waals surface area (Å²) in [6, 6.07) is -4.76. The summed E-state index contributed by atoms with van der Waals surface area (Å²) in [7, 11) is 0. The number of imidazole rings is 1. The molecule has 5 atom stereocenters. The second kappa shape index (κ2) is 12.3. The summed E-state index contributed by atoms with van der Waals surface area (Å²) < 4.78 is 0. The molecule has 1 aromatic rings. The molecule has 0 aliphatic carbocycles. The molecule has 3 amide bonds. The molecule has 5 unspecified atom stereocenters. The summed E-state index contributed by atoms with van der Waals surface area (Å²) in [6.45, 7) is 4.55. The van der Waals surface area contributed by atoms with Crippen LogP contribution in [0.3, 0.4) is 0 Å². The van der Waals surface area contributed by atoms with Gasteiger partial charge in [0.15, 0.2) is 0 Å². The molecule has 31 heavy (non-hydrogen) atoms. The number of carbonyl (C=O) groups is 4. The van der Waals surface area contributed by atoms with Crippen LogP contribution >= 0.6 is 12.6 Å². The van der Waals surface area contributed by atoms with E-state index in [1.54, 1.807) is 13.8 Å². The number of H-pyrrole nitrogens is 1. The number of nitrogens with zero attached hydrogens (tertiary/aromatic N) is 1. The van der Waals surface area contributed by atoms with E-state index < -0.39 is 59.9 Å². The number of carbonyl (C=O) groups excluding carboxylic acids is 3. The van der Waals surface area contributed by atoms with Gasteiger partial charge in [0.1, 0.15) is 18.1 Å². The highest BCUT2D eigenvalue weighted by Crippen LogP contribution is 2.06. The van der Waals surface area contributed by atoms with Crippen LogP contribution in [0.25, 0.3) is 0 Å². The molecule has 0 fully saturated rings. The number of thiol groups is 1. The van der Waals surface area contributed by atoms with Crippen LogP contribution in [-0.2, 0) is 25.6 Å². The Morgan fingerprint density at radius 3 is 2.16 bits per heavy atom. The molecule has 0 aliphatic heterocycles. The van der Waals surface area contributed by atoms with Gasteiger partial charge in [-0.2, -0.15) is 12.6 Å². The molecule has 12 nitrogen and oxygen atoms in total.